The molecule has 0 aliphatic heterocycles. The van der Waals surface area contributed by atoms with E-state index in [2.05, 4.69) is 23.7 Å². The number of unbranched alkanes of at least 4 members (excludes halogenated alkanes) is 7. The third kappa shape index (κ3) is 8.99. The molecule has 170 valence electrons. The molecule has 31 heavy (non-hydrogen) atoms. The van der Waals surface area contributed by atoms with Crippen LogP contribution >= 0.6 is 0 Å². The minimum atomic E-state index is -0.154. The third-order valence-electron chi connectivity index (χ3n) is 5.46. The molecule has 0 spiro atoms. The van der Waals surface area contributed by atoms with Crippen molar-refractivity contribution in [1.29, 1.82) is 0 Å². The van der Waals surface area contributed by atoms with Crippen LogP contribution in [0.1, 0.15) is 81.1 Å². The highest BCUT2D eigenvalue weighted by atomic mass is 16.5. The summed E-state index contributed by atoms with van der Waals surface area (Å²) in [5, 5.41) is 2.96. The van der Waals surface area contributed by atoms with E-state index in [1.54, 1.807) is 19.2 Å². The summed E-state index contributed by atoms with van der Waals surface area (Å²) in [6.07, 6.45) is 14.2. The van der Waals surface area contributed by atoms with Gasteiger partial charge in [0.25, 0.3) is 5.91 Å². The van der Waals surface area contributed by atoms with E-state index < -0.39 is 0 Å². The quantitative estimate of drug-likeness (QED) is 0.304. The van der Waals surface area contributed by atoms with Gasteiger partial charge in [-0.15, -0.1) is 0 Å². The van der Waals surface area contributed by atoms with Crippen LogP contribution in [0.3, 0.4) is 0 Å². The van der Waals surface area contributed by atoms with Gasteiger partial charge in [-0.25, -0.2) is 4.57 Å². The van der Waals surface area contributed by atoms with Crippen LogP contribution in [0.25, 0.3) is 0 Å². The van der Waals surface area contributed by atoms with Crippen LogP contribution in [0, 0.1) is 0 Å². The van der Waals surface area contributed by atoms with Crippen molar-refractivity contribution in [1.82, 2.24) is 5.32 Å². The monoisotopic (exact) mass is 427 g/mol. The number of methoxy groups -OCH3 is 1. The molecule has 1 heterocycles. The molecular formula is C26H39N2O3+. The second kappa shape index (κ2) is 14.4. The Hall–Kier alpha value is -2.56. The van der Waals surface area contributed by atoms with Gasteiger partial charge in [-0.05, 0) is 31.0 Å². The maximum Gasteiger partial charge on any atom is 0.255 e. The molecular weight excluding hydrogens is 388 g/mol. The van der Waals surface area contributed by atoms with Crippen LogP contribution in [0.4, 0.5) is 0 Å². The van der Waals surface area contributed by atoms with Crippen molar-refractivity contribution < 1.29 is 18.8 Å². The summed E-state index contributed by atoms with van der Waals surface area (Å²) in [5.41, 5.74) is 1.57. The minimum absolute atomic E-state index is 0.154. The lowest BCUT2D eigenvalue weighted by Crippen LogP contribution is -2.31. The number of hydrogen-bond acceptors (Lipinski definition) is 3. The number of benzene rings is 1. The Morgan fingerprint density at radius 3 is 2.26 bits per heavy atom. The number of aromatic nitrogens is 1. The van der Waals surface area contributed by atoms with Crippen LogP contribution in [0.15, 0.2) is 42.7 Å². The molecule has 0 aliphatic rings. The first kappa shape index (κ1) is 24.7. The third-order valence-corrected chi connectivity index (χ3v) is 5.46. The van der Waals surface area contributed by atoms with E-state index in [1.165, 1.54) is 44.9 Å². The number of nitrogens with one attached hydrogen (secondary N) is 1. The van der Waals surface area contributed by atoms with Gasteiger partial charge in [0, 0.05) is 24.7 Å². The second-order valence-electron chi connectivity index (χ2n) is 7.90. The van der Waals surface area contributed by atoms with Crippen LogP contribution in [-0.2, 0) is 13.1 Å². The van der Waals surface area contributed by atoms with E-state index in [9.17, 15) is 4.79 Å². The highest BCUT2D eigenvalue weighted by molar-refractivity contribution is 5.97. The van der Waals surface area contributed by atoms with Crippen molar-refractivity contribution >= 4 is 5.91 Å². The lowest BCUT2D eigenvalue weighted by Gasteiger charge is -2.12. The molecule has 0 saturated heterocycles. The average Bonchev–Trinajstić information content (AvgIpc) is 2.81. The van der Waals surface area contributed by atoms with E-state index in [-0.39, 0.29) is 5.91 Å². The first-order valence-corrected chi connectivity index (χ1v) is 11.7. The van der Waals surface area contributed by atoms with Crippen molar-refractivity contribution in [3.8, 4) is 11.5 Å². The average molecular weight is 428 g/mol. The van der Waals surface area contributed by atoms with Gasteiger partial charge in [0.2, 0.25) is 0 Å². The molecule has 0 unspecified atom stereocenters. The van der Waals surface area contributed by atoms with Gasteiger partial charge in [-0.1, -0.05) is 51.9 Å². The summed E-state index contributed by atoms with van der Waals surface area (Å²) in [5.74, 6) is 1.12. The highest BCUT2D eigenvalue weighted by Crippen LogP contribution is 2.25. The van der Waals surface area contributed by atoms with E-state index >= 15 is 0 Å². The molecule has 5 nitrogen and oxygen atoms in total. The Labute approximate surface area is 187 Å². The Morgan fingerprint density at radius 2 is 1.61 bits per heavy atom. The molecule has 1 aromatic heterocycles. The summed E-state index contributed by atoms with van der Waals surface area (Å²) in [7, 11) is 1.58. The van der Waals surface area contributed by atoms with Crippen molar-refractivity contribution in [2.75, 3.05) is 13.7 Å². The van der Waals surface area contributed by atoms with E-state index in [0.717, 1.165) is 24.3 Å². The van der Waals surface area contributed by atoms with Crippen molar-refractivity contribution in [3.05, 3.63) is 53.9 Å². The maximum absolute atomic E-state index is 12.6. The first-order valence-electron chi connectivity index (χ1n) is 11.7. The Balaban J connectivity index is 1.76. The predicted octanol–water partition coefficient (Wildman–Crippen LogP) is 5.45. The number of hydrogen-bond donors (Lipinski definition) is 1. The van der Waals surface area contributed by atoms with Crippen molar-refractivity contribution in [2.24, 2.45) is 0 Å². The number of aryl methyl sites for hydroxylation is 1. The van der Waals surface area contributed by atoms with Crippen LogP contribution < -0.4 is 19.4 Å². The van der Waals surface area contributed by atoms with E-state index in [1.807, 2.05) is 30.6 Å². The zero-order chi connectivity index (χ0) is 22.3. The van der Waals surface area contributed by atoms with Crippen LogP contribution in [0.2, 0.25) is 0 Å². The number of ether oxygens (including phenoxy) is 2. The van der Waals surface area contributed by atoms with Gasteiger partial charge < -0.3 is 14.8 Å². The fourth-order valence-corrected chi connectivity index (χ4v) is 3.47. The topological polar surface area (TPSA) is 51.4 Å². The number of nitrogens with zero attached hydrogens (tertiary/aromatic N) is 1. The van der Waals surface area contributed by atoms with Gasteiger partial charge in [0.15, 0.2) is 12.4 Å². The van der Waals surface area contributed by atoms with Gasteiger partial charge >= 0.3 is 0 Å². The highest BCUT2D eigenvalue weighted by Gasteiger charge is 2.13. The molecule has 5 heteroatoms. The summed E-state index contributed by atoms with van der Waals surface area (Å²) in [6, 6.07) is 9.45. The van der Waals surface area contributed by atoms with Gasteiger partial charge in [-0.3, -0.25) is 4.79 Å². The SMILES string of the molecule is CCCCCCCCCCOc1ccc(C(=O)NCc2cc[n+](CC)cc2)c(OC)c1. The Morgan fingerprint density at radius 1 is 0.935 bits per heavy atom. The number of carbonyl (C=O) groups excluding carboxylic acids is 1. The minimum Gasteiger partial charge on any atom is -0.496 e. The Bertz CT molecular complexity index is 775. The molecule has 0 aliphatic carbocycles. The van der Waals surface area contributed by atoms with Gasteiger partial charge in [0.1, 0.15) is 18.0 Å². The molecule has 0 atom stereocenters. The largest absolute Gasteiger partial charge is 0.496 e. The predicted molar refractivity (Wildman–Crippen MR) is 125 cm³/mol. The summed E-state index contributed by atoms with van der Waals surface area (Å²) < 4.78 is 13.4. The number of amides is 1. The fourth-order valence-electron chi connectivity index (χ4n) is 3.47. The maximum atomic E-state index is 12.6. The molecule has 1 N–H and O–H groups in total. The summed E-state index contributed by atoms with van der Waals surface area (Å²) >= 11 is 0. The standard InChI is InChI=1S/C26H38N2O3/c1-4-6-7-8-9-10-11-12-19-31-23-13-14-24(25(20-23)30-3)26(29)27-21-22-15-17-28(5-2)18-16-22/h13-18,20H,4-12,19,21H2,1-3H3/p+1. The first-order chi connectivity index (χ1) is 15.2. The normalized spacial score (nSPS) is 10.7. The fraction of sp³-hybridized carbons (Fsp3) is 0.538. The zero-order valence-electron chi connectivity index (χ0n) is 19.5. The summed E-state index contributed by atoms with van der Waals surface area (Å²) in [6.45, 7) is 6.43. The zero-order valence-corrected chi connectivity index (χ0v) is 19.5. The summed E-state index contributed by atoms with van der Waals surface area (Å²) in [4.78, 5) is 12.6. The molecule has 0 radical (unpaired) electrons. The molecule has 2 aromatic rings. The molecule has 1 amide bonds. The van der Waals surface area contributed by atoms with Gasteiger partial charge in [-0.2, -0.15) is 0 Å². The lowest BCUT2D eigenvalue weighted by molar-refractivity contribution is -0.693. The van der Waals surface area contributed by atoms with E-state index in [4.69, 9.17) is 9.47 Å². The number of rotatable bonds is 15. The lowest BCUT2D eigenvalue weighted by atomic mass is 10.1. The van der Waals surface area contributed by atoms with Crippen molar-refractivity contribution in [3.63, 3.8) is 0 Å². The number of carbonyl (C=O) groups is 1. The molecule has 0 fully saturated rings. The smallest absolute Gasteiger partial charge is 0.255 e. The van der Waals surface area contributed by atoms with Crippen molar-refractivity contribution in [2.45, 2.75) is 78.3 Å². The van der Waals surface area contributed by atoms with Crippen LogP contribution in [0.5, 0.6) is 11.5 Å². The van der Waals surface area contributed by atoms with E-state index in [0.29, 0.717) is 24.5 Å². The van der Waals surface area contributed by atoms with Gasteiger partial charge in [0.05, 0.1) is 19.3 Å². The molecule has 0 saturated carbocycles. The molecule has 1 aromatic carbocycles. The Kier molecular flexibility index (Phi) is 11.5. The number of pyridine rings is 1. The van der Waals surface area contributed by atoms with Crippen LogP contribution in [-0.4, -0.2) is 19.6 Å². The molecule has 2 rings (SSSR count). The second-order valence-corrected chi connectivity index (χ2v) is 7.90. The molecule has 0 bridgehead atoms.